The van der Waals surface area contributed by atoms with Gasteiger partial charge in [-0.15, -0.1) is 0 Å². The number of ether oxygens (including phenoxy) is 2. The zero-order valence-electron chi connectivity index (χ0n) is 12.6. The third-order valence-corrected chi connectivity index (χ3v) is 3.97. The maximum Gasteiger partial charge on any atom is 0.356 e. The van der Waals surface area contributed by atoms with E-state index in [1.165, 1.54) is 0 Å². The lowest BCUT2D eigenvalue weighted by atomic mass is 10.1. The molecule has 0 unspecified atom stereocenters. The van der Waals surface area contributed by atoms with Crippen LogP contribution < -0.4 is 0 Å². The van der Waals surface area contributed by atoms with Crippen molar-refractivity contribution in [3.63, 3.8) is 0 Å². The summed E-state index contributed by atoms with van der Waals surface area (Å²) in [4.78, 5) is 16.5. The molecule has 0 spiro atoms. The number of carbonyl (C=O) groups excluding carboxylic acids is 1. The second-order valence-electron chi connectivity index (χ2n) is 5.52. The van der Waals surface area contributed by atoms with Crippen molar-refractivity contribution in [2.75, 3.05) is 13.2 Å². The van der Waals surface area contributed by atoms with Crippen LogP contribution in [0.15, 0.2) is 42.9 Å². The highest BCUT2D eigenvalue weighted by atomic mass is 16.6. The fourth-order valence-corrected chi connectivity index (χ4v) is 2.68. The fraction of sp³-hybridized carbons (Fsp3) is 0.412. The monoisotopic (exact) mass is 300 g/mol. The molecule has 5 heteroatoms. The first kappa shape index (κ1) is 14.8. The van der Waals surface area contributed by atoms with E-state index in [0.29, 0.717) is 12.3 Å². The summed E-state index contributed by atoms with van der Waals surface area (Å²) < 4.78 is 12.7. The molecule has 5 nitrogen and oxygen atoms in total. The lowest BCUT2D eigenvalue weighted by molar-refractivity contribution is -0.0312. The Bertz CT molecular complexity index is 618. The van der Waals surface area contributed by atoms with Crippen molar-refractivity contribution in [1.29, 1.82) is 0 Å². The first-order chi connectivity index (χ1) is 10.8. The number of aromatic nitrogens is 2. The van der Waals surface area contributed by atoms with E-state index in [-0.39, 0.29) is 18.1 Å². The first-order valence-electron chi connectivity index (χ1n) is 7.61. The molecule has 2 aromatic rings. The summed E-state index contributed by atoms with van der Waals surface area (Å²) in [5.74, 6) is -0.337. The molecule has 0 bridgehead atoms. The fourth-order valence-electron chi connectivity index (χ4n) is 2.68. The first-order valence-corrected chi connectivity index (χ1v) is 7.61. The van der Waals surface area contributed by atoms with Gasteiger partial charge in [0.2, 0.25) is 0 Å². The zero-order valence-corrected chi connectivity index (χ0v) is 12.6. The number of hydrogen-bond donors (Lipinski definition) is 0. The average molecular weight is 300 g/mol. The highest BCUT2D eigenvalue weighted by Gasteiger charge is 2.23. The van der Waals surface area contributed by atoms with Gasteiger partial charge in [0.15, 0.2) is 0 Å². The second-order valence-corrected chi connectivity index (χ2v) is 5.52. The van der Waals surface area contributed by atoms with Crippen LogP contribution in [0.25, 0.3) is 0 Å². The SMILES string of the molecule is C[C@H](c1ccccc1)n1cncc1C(=O)O[C@@H]1CCCOC1. The molecule has 2 heterocycles. The summed E-state index contributed by atoms with van der Waals surface area (Å²) in [6, 6.07) is 10.0. The molecular weight excluding hydrogens is 280 g/mol. The van der Waals surface area contributed by atoms with Gasteiger partial charge in [0, 0.05) is 6.61 Å². The van der Waals surface area contributed by atoms with E-state index in [2.05, 4.69) is 4.98 Å². The lowest BCUT2D eigenvalue weighted by Crippen LogP contribution is -2.29. The molecule has 0 N–H and O–H groups in total. The van der Waals surface area contributed by atoms with Gasteiger partial charge in [0.05, 0.1) is 25.2 Å². The standard InChI is InChI=1S/C17H20N2O3/c1-13(14-6-3-2-4-7-14)19-12-18-10-16(19)17(20)22-15-8-5-9-21-11-15/h2-4,6-7,10,12-13,15H,5,8-9,11H2,1H3/t13-,15-/m1/s1. The Balaban J connectivity index is 1.75. The topological polar surface area (TPSA) is 53.4 Å². The molecule has 116 valence electrons. The van der Waals surface area contributed by atoms with E-state index in [0.717, 1.165) is 25.0 Å². The maximum atomic E-state index is 12.4. The number of rotatable bonds is 4. The van der Waals surface area contributed by atoms with Crippen LogP contribution >= 0.6 is 0 Å². The molecule has 0 radical (unpaired) electrons. The minimum atomic E-state index is -0.337. The molecule has 0 amide bonds. The van der Waals surface area contributed by atoms with E-state index in [1.54, 1.807) is 12.5 Å². The number of nitrogens with zero attached hydrogens (tertiary/aromatic N) is 2. The summed E-state index contributed by atoms with van der Waals surface area (Å²) in [5.41, 5.74) is 1.59. The highest BCUT2D eigenvalue weighted by Crippen LogP contribution is 2.20. The minimum Gasteiger partial charge on any atom is -0.455 e. The predicted octanol–water partition coefficient (Wildman–Crippen LogP) is 2.83. The largest absolute Gasteiger partial charge is 0.455 e. The molecule has 1 aliphatic rings. The van der Waals surface area contributed by atoms with Gasteiger partial charge in [-0.25, -0.2) is 9.78 Å². The van der Waals surface area contributed by atoms with Gasteiger partial charge >= 0.3 is 5.97 Å². The van der Waals surface area contributed by atoms with Crippen LogP contribution in [0, 0.1) is 0 Å². The van der Waals surface area contributed by atoms with Gasteiger partial charge in [-0.05, 0) is 25.3 Å². The van der Waals surface area contributed by atoms with E-state index in [9.17, 15) is 4.79 Å². The highest BCUT2D eigenvalue weighted by molar-refractivity contribution is 5.87. The maximum absolute atomic E-state index is 12.4. The molecule has 1 fully saturated rings. The second kappa shape index (κ2) is 6.75. The summed E-state index contributed by atoms with van der Waals surface area (Å²) in [6.07, 6.45) is 4.86. The molecule has 1 aromatic carbocycles. The lowest BCUT2D eigenvalue weighted by Gasteiger charge is -2.23. The molecule has 2 atom stereocenters. The van der Waals surface area contributed by atoms with Crippen LogP contribution in [0.3, 0.4) is 0 Å². The van der Waals surface area contributed by atoms with Gasteiger partial charge in [-0.2, -0.15) is 0 Å². The van der Waals surface area contributed by atoms with Crippen molar-refractivity contribution in [3.05, 3.63) is 54.1 Å². The van der Waals surface area contributed by atoms with Crippen LogP contribution in [-0.4, -0.2) is 34.8 Å². The molecule has 0 saturated carbocycles. The number of carbonyl (C=O) groups is 1. The summed E-state index contributed by atoms with van der Waals surface area (Å²) in [7, 11) is 0. The normalized spacial score (nSPS) is 19.6. The van der Waals surface area contributed by atoms with Crippen molar-refractivity contribution in [2.24, 2.45) is 0 Å². The minimum absolute atomic E-state index is 0.0221. The summed E-state index contributed by atoms with van der Waals surface area (Å²) in [5, 5.41) is 0. The van der Waals surface area contributed by atoms with E-state index in [4.69, 9.17) is 9.47 Å². The number of hydrogen-bond acceptors (Lipinski definition) is 4. The van der Waals surface area contributed by atoms with Gasteiger partial charge in [-0.3, -0.25) is 0 Å². The van der Waals surface area contributed by atoms with Crippen molar-refractivity contribution >= 4 is 5.97 Å². The Hall–Kier alpha value is -2.14. The Morgan fingerprint density at radius 3 is 2.95 bits per heavy atom. The Morgan fingerprint density at radius 2 is 2.23 bits per heavy atom. The van der Waals surface area contributed by atoms with Crippen LogP contribution in [-0.2, 0) is 9.47 Å². The Morgan fingerprint density at radius 1 is 1.41 bits per heavy atom. The van der Waals surface area contributed by atoms with Gasteiger partial charge in [0.25, 0.3) is 0 Å². The average Bonchev–Trinajstić information content (AvgIpc) is 3.05. The molecule has 22 heavy (non-hydrogen) atoms. The number of benzene rings is 1. The van der Waals surface area contributed by atoms with Gasteiger partial charge in [0.1, 0.15) is 11.8 Å². The van der Waals surface area contributed by atoms with Crippen LogP contribution in [0.5, 0.6) is 0 Å². The van der Waals surface area contributed by atoms with Gasteiger partial charge in [-0.1, -0.05) is 30.3 Å². The third kappa shape index (κ3) is 3.20. The van der Waals surface area contributed by atoms with Crippen LogP contribution in [0.1, 0.15) is 41.9 Å². The van der Waals surface area contributed by atoms with Crippen molar-refractivity contribution in [1.82, 2.24) is 9.55 Å². The van der Waals surface area contributed by atoms with E-state index in [1.807, 2.05) is 41.8 Å². The number of imidazole rings is 1. The van der Waals surface area contributed by atoms with Crippen LogP contribution in [0.4, 0.5) is 0 Å². The molecule has 1 saturated heterocycles. The molecule has 0 aliphatic carbocycles. The molecule has 3 rings (SSSR count). The van der Waals surface area contributed by atoms with Crippen molar-refractivity contribution in [3.8, 4) is 0 Å². The van der Waals surface area contributed by atoms with Crippen molar-refractivity contribution < 1.29 is 14.3 Å². The Labute approximate surface area is 129 Å². The summed E-state index contributed by atoms with van der Waals surface area (Å²) >= 11 is 0. The van der Waals surface area contributed by atoms with Gasteiger partial charge < -0.3 is 14.0 Å². The van der Waals surface area contributed by atoms with Crippen LogP contribution in [0.2, 0.25) is 0 Å². The molecular formula is C17H20N2O3. The zero-order chi connectivity index (χ0) is 15.4. The molecule has 1 aliphatic heterocycles. The smallest absolute Gasteiger partial charge is 0.356 e. The van der Waals surface area contributed by atoms with E-state index < -0.39 is 0 Å². The summed E-state index contributed by atoms with van der Waals surface area (Å²) in [6.45, 7) is 3.27. The third-order valence-electron chi connectivity index (χ3n) is 3.97. The predicted molar refractivity (Wildman–Crippen MR) is 81.7 cm³/mol. The van der Waals surface area contributed by atoms with E-state index >= 15 is 0 Å². The Kier molecular flexibility index (Phi) is 4.53. The number of esters is 1. The quantitative estimate of drug-likeness (QED) is 0.815. The molecule has 1 aromatic heterocycles. The van der Waals surface area contributed by atoms with Crippen molar-refractivity contribution in [2.45, 2.75) is 31.9 Å².